The summed E-state index contributed by atoms with van der Waals surface area (Å²) >= 11 is 0. The quantitative estimate of drug-likeness (QED) is 0.695. The summed E-state index contributed by atoms with van der Waals surface area (Å²) in [5, 5.41) is 5.70. The summed E-state index contributed by atoms with van der Waals surface area (Å²) in [4.78, 5) is 11.9. The summed E-state index contributed by atoms with van der Waals surface area (Å²) < 4.78 is 10.4. The molecule has 2 aromatic rings. The van der Waals surface area contributed by atoms with Crippen molar-refractivity contribution >= 4 is 11.7 Å². The molecular weight excluding hydrogens is 304 g/mol. The van der Waals surface area contributed by atoms with Crippen LogP contribution in [0.1, 0.15) is 11.1 Å². The first kappa shape index (κ1) is 18.0. The smallest absolute Gasteiger partial charge is 0.319 e. The van der Waals surface area contributed by atoms with Crippen molar-refractivity contribution < 1.29 is 14.3 Å². The molecule has 0 unspecified atom stereocenters. The van der Waals surface area contributed by atoms with Crippen molar-refractivity contribution in [2.75, 3.05) is 32.2 Å². The van der Waals surface area contributed by atoms with Crippen molar-refractivity contribution in [2.24, 2.45) is 0 Å². The van der Waals surface area contributed by atoms with Gasteiger partial charge >= 0.3 is 6.03 Å². The summed E-state index contributed by atoms with van der Waals surface area (Å²) in [6.45, 7) is 2.21. The molecule has 0 saturated carbocycles. The SMILES string of the molecule is COCCOCc1cccc(NC(=O)NCCc2ccccc2)c1. The number of urea groups is 1. The third kappa shape index (κ3) is 6.81. The molecule has 0 aromatic heterocycles. The van der Waals surface area contributed by atoms with Gasteiger partial charge in [0.05, 0.1) is 19.8 Å². The fourth-order valence-corrected chi connectivity index (χ4v) is 2.21. The van der Waals surface area contributed by atoms with E-state index in [-0.39, 0.29) is 6.03 Å². The number of methoxy groups -OCH3 is 1. The molecule has 2 N–H and O–H groups in total. The Morgan fingerprint density at radius 3 is 2.58 bits per heavy atom. The van der Waals surface area contributed by atoms with Crippen LogP contribution in [0.3, 0.4) is 0 Å². The highest BCUT2D eigenvalue weighted by molar-refractivity contribution is 5.89. The van der Waals surface area contributed by atoms with E-state index in [0.717, 1.165) is 17.7 Å². The first-order valence-electron chi connectivity index (χ1n) is 8.02. The van der Waals surface area contributed by atoms with Crippen LogP contribution in [0.15, 0.2) is 54.6 Å². The van der Waals surface area contributed by atoms with Crippen molar-refractivity contribution in [3.63, 3.8) is 0 Å². The molecule has 0 fully saturated rings. The van der Waals surface area contributed by atoms with Gasteiger partial charge in [-0.3, -0.25) is 0 Å². The monoisotopic (exact) mass is 328 g/mol. The number of amides is 2. The lowest BCUT2D eigenvalue weighted by Gasteiger charge is -2.09. The van der Waals surface area contributed by atoms with E-state index in [1.807, 2.05) is 54.6 Å². The first-order valence-corrected chi connectivity index (χ1v) is 8.02. The van der Waals surface area contributed by atoms with Crippen molar-refractivity contribution in [2.45, 2.75) is 13.0 Å². The van der Waals surface area contributed by atoms with Gasteiger partial charge in [-0.25, -0.2) is 4.79 Å². The minimum absolute atomic E-state index is 0.205. The lowest BCUT2D eigenvalue weighted by molar-refractivity contribution is 0.0617. The summed E-state index contributed by atoms with van der Waals surface area (Å²) in [5.74, 6) is 0. The van der Waals surface area contributed by atoms with E-state index >= 15 is 0 Å². The standard InChI is InChI=1S/C19H24N2O3/c1-23-12-13-24-15-17-8-5-9-18(14-17)21-19(22)20-11-10-16-6-3-2-4-7-16/h2-9,14H,10-13,15H2,1H3,(H2,20,21,22). The lowest BCUT2D eigenvalue weighted by atomic mass is 10.1. The zero-order chi connectivity index (χ0) is 17.0. The first-order chi connectivity index (χ1) is 11.8. The topological polar surface area (TPSA) is 59.6 Å². The summed E-state index contributed by atoms with van der Waals surface area (Å²) in [6.07, 6.45) is 0.807. The molecule has 0 heterocycles. The van der Waals surface area contributed by atoms with E-state index in [0.29, 0.717) is 26.4 Å². The van der Waals surface area contributed by atoms with Crippen molar-refractivity contribution in [3.05, 3.63) is 65.7 Å². The van der Waals surface area contributed by atoms with E-state index in [9.17, 15) is 4.79 Å². The molecule has 2 amide bonds. The maximum absolute atomic E-state index is 11.9. The second kappa shape index (κ2) is 10.4. The Balaban J connectivity index is 1.72. The molecule has 0 aliphatic rings. The summed E-state index contributed by atoms with van der Waals surface area (Å²) in [5.41, 5.74) is 2.96. The third-order valence-corrected chi connectivity index (χ3v) is 3.43. The van der Waals surface area contributed by atoms with E-state index in [2.05, 4.69) is 10.6 Å². The van der Waals surface area contributed by atoms with Crippen LogP contribution in [0.25, 0.3) is 0 Å². The predicted molar refractivity (Wildman–Crippen MR) is 95.1 cm³/mol. The van der Waals surface area contributed by atoms with Gasteiger partial charge in [0, 0.05) is 19.3 Å². The van der Waals surface area contributed by atoms with Crippen molar-refractivity contribution in [3.8, 4) is 0 Å². The second-order valence-corrected chi connectivity index (χ2v) is 5.36. The van der Waals surface area contributed by atoms with Gasteiger partial charge in [-0.2, -0.15) is 0 Å². The maximum Gasteiger partial charge on any atom is 0.319 e. The van der Waals surface area contributed by atoms with Gasteiger partial charge in [-0.15, -0.1) is 0 Å². The van der Waals surface area contributed by atoms with E-state index < -0.39 is 0 Å². The van der Waals surface area contributed by atoms with E-state index in [1.165, 1.54) is 5.56 Å². The van der Waals surface area contributed by atoms with Gasteiger partial charge in [0.15, 0.2) is 0 Å². The highest BCUT2D eigenvalue weighted by atomic mass is 16.5. The Labute approximate surface area is 143 Å². The molecule has 128 valence electrons. The van der Waals surface area contributed by atoms with E-state index in [4.69, 9.17) is 9.47 Å². The number of carbonyl (C=O) groups excluding carboxylic acids is 1. The number of rotatable bonds is 9. The molecule has 5 heteroatoms. The molecule has 0 aliphatic heterocycles. The number of carbonyl (C=O) groups is 1. The maximum atomic E-state index is 11.9. The fourth-order valence-electron chi connectivity index (χ4n) is 2.21. The fraction of sp³-hybridized carbons (Fsp3) is 0.316. The van der Waals surface area contributed by atoms with Gasteiger partial charge in [0.25, 0.3) is 0 Å². The molecule has 0 aliphatic carbocycles. The zero-order valence-corrected chi connectivity index (χ0v) is 14.0. The highest BCUT2D eigenvalue weighted by Crippen LogP contribution is 2.11. The van der Waals surface area contributed by atoms with Crippen LogP contribution in [-0.4, -0.2) is 32.9 Å². The van der Waals surface area contributed by atoms with Crippen LogP contribution in [0, 0.1) is 0 Å². The predicted octanol–water partition coefficient (Wildman–Crippen LogP) is 3.21. The van der Waals surface area contributed by atoms with Crippen LogP contribution < -0.4 is 10.6 Å². The minimum Gasteiger partial charge on any atom is -0.382 e. The van der Waals surface area contributed by atoms with Gasteiger partial charge in [-0.05, 0) is 29.7 Å². The number of benzene rings is 2. The molecule has 2 aromatic carbocycles. The molecule has 0 radical (unpaired) electrons. The van der Waals surface area contributed by atoms with Crippen LogP contribution in [0.5, 0.6) is 0 Å². The van der Waals surface area contributed by atoms with Crippen LogP contribution in [0.4, 0.5) is 10.5 Å². The highest BCUT2D eigenvalue weighted by Gasteiger charge is 2.02. The van der Waals surface area contributed by atoms with Gasteiger partial charge < -0.3 is 20.1 Å². The van der Waals surface area contributed by atoms with Crippen molar-refractivity contribution in [1.29, 1.82) is 0 Å². The molecule has 0 atom stereocenters. The largest absolute Gasteiger partial charge is 0.382 e. The second-order valence-electron chi connectivity index (χ2n) is 5.36. The normalized spacial score (nSPS) is 10.4. The number of ether oxygens (including phenoxy) is 2. The average Bonchev–Trinajstić information content (AvgIpc) is 2.60. The average molecular weight is 328 g/mol. The number of hydrogen-bond acceptors (Lipinski definition) is 3. The minimum atomic E-state index is -0.205. The Hall–Kier alpha value is -2.37. The number of hydrogen-bond donors (Lipinski definition) is 2. The van der Waals surface area contributed by atoms with Crippen LogP contribution in [-0.2, 0) is 22.5 Å². The molecular formula is C19H24N2O3. The van der Waals surface area contributed by atoms with Gasteiger partial charge in [0.1, 0.15) is 0 Å². The zero-order valence-electron chi connectivity index (χ0n) is 14.0. The molecule has 24 heavy (non-hydrogen) atoms. The van der Waals surface area contributed by atoms with Crippen LogP contribution >= 0.6 is 0 Å². The van der Waals surface area contributed by atoms with Crippen molar-refractivity contribution in [1.82, 2.24) is 5.32 Å². The Bertz CT molecular complexity index is 617. The molecule has 5 nitrogen and oxygen atoms in total. The summed E-state index contributed by atoms with van der Waals surface area (Å²) in [7, 11) is 1.64. The Kier molecular flexibility index (Phi) is 7.80. The molecule has 0 spiro atoms. The summed E-state index contributed by atoms with van der Waals surface area (Å²) in [6, 6.07) is 17.5. The molecule has 0 bridgehead atoms. The van der Waals surface area contributed by atoms with Crippen LogP contribution in [0.2, 0.25) is 0 Å². The number of anilines is 1. The van der Waals surface area contributed by atoms with E-state index in [1.54, 1.807) is 7.11 Å². The number of nitrogens with one attached hydrogen (secondary N) is 2. The molecule has 2 rings (SSSR count). The lowest BCUT2D eigenvalue weighted by Crippen LogP contribution is -2.30. The third-order valence-electron chi connectivity index (χ3n) is 3.43. The van der Waals surface area contributed by atoms with Gasteiger partial charge in [-0.1, -0.05) is 42.5 Å². The van der Waals surface area contributed by atoms with Gasteiger partial charge in [0.2, 0.25) is 0 Å². The Morgan fingerprint density at radius 2 is 1.79 bits per heavy atom. The Morgan fingerprint density at radius 1 is 1.00 bits per heavy atom. The molecule has 0 saturated heterocycles.